The number of likely N-dealkylation sites (tertiary alicyclic amines) is 1. The molecule has 23 heteroatoms. The second-order valence-electron chi connectivity index (χ2n) is 21.0. The summed E-state index contributed by atoms with van der Waals surface area (Å²) in [5, 5.41) is 34.9. The summed E-state index contributed by atoms with van der Waals surface area (Å²) in [4.78, 5) is 112. The number of hydrogen-bond donors (Lipinski definition) is 8. The lowest BCUT2D eigenvalue weighted by molar-refractivity contribution is -0.145. The van der Waals surface area contributed by atoms with Crippen LogP contribution in [-0.4, -0.2) is 149 Å². The zero-order valence-electron chi connectivity index (χ0n) is 44.8. The number of phenolic OH excluding ortho intramolecular Hbond substituents is 1. The van der Waals surface area contributed by atoms with Gasteiger partial charge in [-0.2, -0.15) is 0 Å². The Hall–Kier alpha value is -7.76. The maximum Gasteiger partial charge on any atom is 0.267 e. The number of rotatable bonds is 24. The third kappa shape index (κ3) is 15.3. The molecule has 0 radical (unpaired) electrons. The number of aromatic hydroxyl groups is 1. The highest BCUT2D eigenvalue weighted by Gasteiger charge is 2.53. The van der Waals surface area contributed by atoms with E-state index in [0.29, 0.717) is 17.7 Å². The molecule has 1 aromatic heterocycles. The molecule has 0 spiro atoms. The summed E-state index contributed by atoms with van der Waals surface area (Å²) in [6, 6.07) is 14.3. The predicted octanol–water partition coefficient (Wildman–Crippen LogP) is 3.05. The van der Waals surface area contributed by atoms with Crippen molar-refractivity contribution >= 4 is 58.5 Å². The van der Waals surface area contributed by atoms with Crippen LogP contribution < -0.4 is 37.1 Å². The fourth-order valence-corrected chi connectivity index (χ4v) is 9.96. The van der Waals surface area contributed by atoms with E-state index in [1.54, 1.807) is 38.4 Å². The van der Waals surface area contributed by atoms with E-state index in [1.165, 1.54) is 40.3 Å². The molecule has 4 aromatic rings. The quantitative estimate of drug-likeness (QED) is 0.0284. The Kier molecular flexibility index (Phi) is 19.2. The van der Waals surface area contributed by atoms with Gasteiger partial charge in [-0.15, -0.1) is 11.3 Å². The molecule has 21 nitrogen and oxygen atoms in total. The number of hydrogen-bond acceptors (Lipinski definition) is 15. The van der Waals surface area contributed by atoms with Crippen LogP contribution in [0.2, 0.25) is 0 Å². The number of phenols is 1. The van der Waals surface area contributed by atoms with Crippen molar-refractivity contribution in [1.29, 1.82) is 0 Å². The van der Waals surface area contributed by atoms with Crippen molar-refractivity contribution in [1.82, 2.24) is 41.4 Å². The van der Waals surface area contributed by atoms with E-state index in [0.717, 1.165) is 45.8 Å². The van der Waals surface area contributed by atoms with Gasteiger partial charge < -0.3 is 61.8 Å². The first-order valence-corrected chi connectivity index (χ1v) is 26.9. The van der Waals surface area contributed by atoms with Gasteiger partial charge in [0.15, 0.2) is 18.1 Å². The van der Waals surface area contributed by atoms with E-state index in [9.17, 15) is 53.0 Å². The second-order valence-corrected chi connectivity index (χ2v) is 21.8. The van der Waals surface area contributed by atoms with E-state index in [1.807, 2.05) is 37.3 Å². The number of aliphatic hydroxyl groups is 1. The summed E-state index contributed by atoms with van der Waals surface area (Å²) in [5.41, 5.74) is 8.63. The molecule has 79 heavy (non-hydrogen) atoms. The summed E-state index contributed by atoms with van der Waals surface area (Å²) in [6.45, 7) is 6.74. The Morgan fingerprint density at radius 3 is 2.44 bits per heavy atom. The monoisotopic (exact) mass is 1110 g/mol. The number of carbonyl (C=O) groups is 8. The van der Waals surface area contributed by atoms with Crippen LogP contribution in [0.15, 0.2) is 77.9 Å². The minimum atomic E-state index is -2.02. The third-order valence-electron chi connectivity index (χ3n) is 13.9. The number of amides is 7. The molecule has 1 saturated carbocycles. The third-order valence-corrected chi connectivity index (χ3v) is 14.9. The first-order valence-electron chi connectivity index (χ1n) is 26.0. The molecule has 4 atom stereocenters. The van der Waals surface area contributed by atoms with E-state index in [2.05, 4.69) is 31.6 Å². The summed E-state index contributed by atoms with van der Waals surface area (Å²) >= 11 is 1.42. The Morgan fingerprint density at radius 1 is 0.987 bits per heavy atom. The first-order chi connectivity index (χ1) is 37.5. The van der Waals surface area contributed by atoms with Crippen LogP contribution in [0.4, 0.5) is 4.39 Å². The molecular weight excluding hydrogens is 1040 g/mol. The van der Waals surface area contributed by atoms with Gasteiger partial charge in [-0.1, -0.05) is 57.2 Å². The average Bonchev–Trinajstić information content (AvgIpc) is 3.69. The number of carbonyl (C=O) groups excluding carboxylic acids is 8. The number of fused-ring (bicyclic) bond motifs is 1. The molecule has 7 amide bonds. The van der Waals surface area contributed by atoms with Gasteiger partial charge in [0, 0.05) is 69.8 Å². The van der Waals surface area contributed by atoms with Gasteiger partial charge in [-0.25, -0.2) is 9.37 Å². The van der Waals surface area contributed by atoms with Crippen molar-refractivity contribution in [2.45, 2.75) is 103 Å². The molecule has 2 heterocycles. The number of halogens is 1. The largest absolute Gasteiger partial charge is 0.507 e. The molecule has 1 aliphatic heterocycles. The zero-order valence-corrected chi connectivity index (χ0v) is 45.6. The lowest BCUT2D eigenvalue weighted by Gasteiger charge is -2.35. The Balaban J connectivity index is 0.813. The minimum Gasteiger partial charge on any atom is -0.507 e. The molecule has 1 unspecified atom stereocenters. The molecule has 3 aromatic carbocycles. The molecule has 1 saturated heterocycles. The second kappa shape index (κ2) is 25.8. The molecular formula is C56H68FN9O12S. The molecule has 422 valence electrons. The van der Waals surface area contributed by atoms with Crippen molar-refractivity contribution in [3.05, 3.63) is 111 Å². The number of nitrogens with two attached hydrogens (primary N) is 1. The SMILES string of the molecule is Cc1ncsc1-c1ccc(CNC(=O)[C@@H]2C[C@@H](O)CN2C(=O)[C@@H](NC(=O)C2(F)CC2)C(C)(C)C)c(OCC(=O)NCCOCCC(=O)NCCN(C)C(=O)c2ccc(C(=O)C=C(N)C(=O)NC3CCc4ccccc43)cc2O)c1. The number of alkyl halides is 1. The highest BCUT2D eigenvalue weighted by molar-refractivity contribution is 7.13. The number of benzene rings is 3. The molecule has 0 bridgehead atoms. The smallest absolute Gasteiger partial charge is 0.267 e. The lowest BCUT2D eigenvalue weighted by atomic mass is 9.85. The van der Waals surface area contributed by atoms with Gasteiger partial charge >= 0.3 is 0 Å². The standard InChI is InChI=1S/C56H68FN9O12S/c1-32-48(79-31-62-32)35-10-11-36(28-61-51(73)42-26-37(67)29-66(42)53(75)49(55(2,3)4)64-54(76)56(57)17-18-56)45(25-35)78-30-47(71)60-20-23-77-22-16-46(70)59-19-21-65(5)52(74)39-14-12-34(24-44(39)69)43(68)27-40(58)50(72)63-41-15-13-33-8-6-7-9-38(33)41/h6-12,14,24-25,27,31,37,41-42,49,67,69H,13,15-23,26,28-30,58H2,1-5H3,(H,59,70)(H,60,71)(H,61,73)(H,63,72)(H,64,76)/t37-,41?,42+,49-/m1/s1. The fraction of sp³-hybridized carbons (Fsp3) is 0.446. The lowest BCUT2D eigenvalue weighted by Crippen LogP contribution is -2.59. The Morgan fingerprint density at radius 2 is 1.73 bits per heavy atom. The van der Waals surface area contributed by atoms with Gasteiger partial charge in [0.05, 0.1) is 47.0 Å². The van der Waals surface area contributed by atoms with Crippen molar-refractivity contribution in [2.24, 2.45) is 11.1 Å². The number of aromatic nitrogens is 1. The van der Waals surface area contributed by atoms with Gasteiger partial charge in [-0.3, -0.25) is 38.4 Å². The number of nitrogens with one attached hydrogen (secondary N) is 5. The molecule has 3 aliphatic rings. The van der Waals surface area contributed by atoms with Crippen LogP contribution in [0.3, 0.4) is 0 Å². The highest BCUT2D eigenvalue weighted by Crippen LogP contribution is 2.41. The van der Waals surface area contributed by atoms with Crippen molar-refractivity contribution in [2.75, 3.05) is 53.0 Å². The summed E-state index contributed by atoms with van der Waals surface area (Å²) in [7, 11) is 1.49. The number of allylic oxidation sites excluding steroid dienone is 1. The number of ether oxygens (including phenoxy) is 2. The maximum atomic E-state index is 14.6. The van der Waals surface area contributed by atoms with Crippen molar-refractivity contribution < 1.29 is 62.4 Å². The number of nitrogens with zero attached hydrogens (tertiary/aromatic N) is 3. The van der Waals surface area contributed by atoms with Crippen LogP contribution in [0.1, 0.15) is 102 Å². The van der Waals surface area contributed by atoms with E-state index in [4.69, 9.17) is 15.2 Å². The summed E-state index contributed by atoms with van der Waals surface area (Å²) < 4.78 is 26.2. The van der Waals surface area contributed by atoms with Crippen molar-refractivity contribution in [3.63, 3.8) is 0 Å². The number of β-amino-alcohol motifs (C(OH)–C–C–N with tert-alkyl or cyclic N) is 1. The number of likely N-dealkylation sites (N-methyl/N-ethyl adjacent to an activating group) is 1. The van der Waals surface area contributed by atoms with Gasteiger partial charge in [0.25, 0.3) is 23.6 Å². The van der Waals surface area contributed by atoms with Crippen LogP contribution in [-0.2, 0) is 46.5 Å². The van der Waals surface area contributed by atoms with Crippen LogP contribution >= 0.6 is 11.3 Å². The number of thiazole rings is 1. The summed E-state index contributed by atoms with van der Waals surface area (Å²) in [6.07, 6.45) is 1.54. The summed E-state index contributed by atoms with van der Waals surface area (Å²) in [5.74, 6) is -4.86. The predicted molar refractivity (Wildman–Crippen MR) is 289 cm³/mol. The van der Waals surface area contributed by atoms with E-state index < -0.39 is 82.9 Å². The minimum absolute atomic E-state index is 0.0125. The number of aryl methyl sites for hydroxylation is 2. The highest BCUT2D eigenvalue weighted by atomic mass is 32.1. The number of ketones is 1. The maximum absolute atomic E-state index is 14.6. The average molecular weight is 1110 g/mol. The Bertz CT molecular complexity index is 2990. The molecule has 9 N–H and O–H groups in total. The van der Waals surface area contributed by atoms with Gasteiger partial charge in [0.2, 0.25) is 17.7 Å². The topological polar surface area (TPSA) is 301 Å². The van der Waals surface area contributed by atoms with Gasteiger partial charge in [-0.05, 0) is 79.0 Å². The van der Waals surface area contributed by atoms with E-state index in [-0.39, 0.29) is 100 Å². The normalized spacial score (nSPS) is 17.7. The van der Waals surface area contributed by atoms with Gasteiger partial charge in [0.1, 0.15) is 29.3 Å². The Labute approximate surface area is 460 Å². The first kappa shape index (κ1) is 58.9. The molecule has 2 aliphatic carbocycles. The molecule has 2 fully saturated rings. The molecule has 7 rings (SSSR count). The van der Waals surface area contributed by atoms with Crippen LogP contribution in [0.25, 0.3) is 10.4 Å². The van der Waals surface area contributed by atoms with Crippen LogP contribution in [0, 0.1) is 12.3 Å². The van der Waals surface area contributed by atoms with Crippen molar-refractivity contribution in [3.8, 4) is 21.9 Å². The van der Waals surface area contributed by atoms with Crippen LogP contribution in [0.5, 0.6) is 11.5 Å². The zero-order chi connectivity index (χ0) is 57.2. The number of aliphatic hydroxyl groups excluding tert-OH is 1. The fourth-order valence-electron chi connectivity index (χ4n) is 9.16. The van der Waals surface area contributed by atoms with E-state index >= 15 is 0 Å².